The molecule has 1 N–H and O–H groups in total. The second-order valence-corrected chi connectivity index (χ2v) is 6.39. The normalized spacial score (nSPS) is 15.7. The summed E-state index contributed by atoms with van der Waals surface area (Å²) in [6.45, 7) is -0.391. The zero-order chi connectivity index (χ0) is 13.3. The predicted molar refractivity (Wildman–Crippen MR) is 67.3 cm³/mol. The molecule has 0 aromatic heterocycles. The van der Waals surface area contributed by atoms with Crippen LogP contribution in [-0.2, 0) is 21.1 Å². The van der Waals surface area contributed by atoms with Crippen molar-refractivity contribution in [1.29, 1.82) is 0 Å². The van der Waals surface area contributed by atoms with E-state index in [4.69, 9.17) is 5.11 Å². The van der Waals surface area contributed by atoms with Crippen LogP contribution in [0.5, 0.6) is 0 Å². The van der Waals surface area contributed by atoms with Gasteiger partial charge in [0.15, 0.2) is 9.84 Å². The highest BCUT2D eigenvalue weighted by molar-refractivity contribution is 7.91. The van der Waals surface area contributed by atoms with Crippen molar-refractivity contribution in [3.63, 3.8) is 0 Å². The lowest BCUT2D eigenvalue weighted by atomic mass is 10.0. The summed E-state index contributed by atoms with van der Waals surface area (Å²) in [5.74, 6) is -0.242. The summed E-state index contributed by atoms with van der Waals surface area (Å²) in [5, 5.41) is 8.75. The molecule has 0 spiro atoms. The van der Waals surface area contributed by atoms with Crippen molar-refractivity contribution in [2.75, 3.05) is 24.3 Å². The van der Waals surface area contributed by atoms with Crippen molar-refractivity contribution in [2.45, 2.75) is 17.7 Å². The van der Waals surface area contributed by atoms with Crippen LogP contribution in [-0.4, -0.2) is 38.8 Å². The highest BCUT2D eigenvalue weighted by atomic mass is 32.2. The van der Waals surface area contributed by atoms with Gasteiger partial charge in [-0.1, -0.05) is 0 Å². The summed E-state index contributed by atoms with van der Waals surface area (Å²) in [4.78, 5) is 13.3. The van der Waals surface area contributed by atoms with Crippen molar-refractivity contribution in [1.82, 2.24) is 0 Å². The molecule has 1 aromatic rings. The molecule has 0 bridgehead atoms. The van der Waals surface area contributed by atoms with E-state index in [1.54, 1.807) is 24.1 Å². The SMILES string of the molecule is CN1C(=O)CCc2cc(S(=O)(=O)CCO)ccc21. The van der Waals surface area contributed by atoms with Gasteiger partial charge in [0.05, 0.1) is 17.3 Å². The second-order valence-electron chi connectivity index (χ2n) is 4.29. The molecule has 2 rings (SSSR count). The van der Waals surface area contributed by atoms with Gasteiger partial charge in [-0.05, 0) is 30.2 Å². The summed E-state index contributed by atoms with van der Waals surface area (Å²) in [6, 6.07) is 4.73. The van der Waals surface area contributed by atoms with Crippen LogP contribution < -0.4 is 4.90 Å². The number of aliphatic hydroxyl groups excluding tert-OH is 1. The second kappa shape index (κ2) is 4.70. The molecular weight excluding hydrogens is 254 g/mol. The topological polar surface area (TPSA) is 74.7 Å². The number of nitrogens with zero attached hydrogens (tertiary/aromatic N) is 1. The largest absolute Gasteiger partial charge is 0.395 e. The fraction of sp³-hybridized carbons (Fsp3) is 0.417. The van der Waals surface area contributed by atoms with E-state index < -0.39 is 16.4 Å². The molecule has 0 saturated heterocycles. The van der Waals surface area contributed by atoms with Gasteiger partial charge in [-0.25, -0.2) is 8.42 Å². The molecule has 1 aromatic carbocycles. The third-order valence-corrected chi connectivity index (χ3v) is 4.81. The Labute approximate surface area is 106 Å². The minimum Gasteiger partial charge on any atom is -0.395 e. The Morgan fingerprint density at radius 1 is 1.33 bits per heavy atom. The number of aryl methyl sites for hydroxylation is 1. The first-order chi connectivity index (χ1) is 8.45. The molecule has 18 heavy (non-hydrogen) atoms. The predicted octanol–water partition coefficient (Wildman–Crippen LogP) is 0.362. The lowest BCUT2D eigenvalue weighted by Gasteiger charge is -2.26. The zero-order valence-electron chi connectivity index (χ0n) is 10.1. The molecule has 1 aliphatic heterocycles. The van der Waals surface area contributed by atoms with Crippen molar-refractivity contribution in [2.24, 2.45) is 0 Å². The third-order valence-electron chi connectivity index (χ3n) is 3.11. The average molecular weight is 269 g/mol. The van der Waals surface area contributed by atoms with Gasteiger partial charge in [-0.3, -0.25) is 4.79 Å². The number of rotatable bonds is 3. The lowest BCUT2D eigenvalue weighted by molar-refractivity contribution is -0.118. The first-order valence-corrected chi connectivity index (χ1v) is 7.34. The van der Waals surface area contributed by atoms with E-state index in [0.717, 1.165) is 11.3 Å². The summed E-state index contributed by atoms with van der Waals surface area (Å²) in [7, 11) is -1.75. The Bertz CT molecular complexity index is 580. The number of aliphatic hydroxyl groups is 1. The Morgan fingerprint density at radius 2 is 2.06 bits per heavy atom. The molecule has 0 aliphatic carbocycles. The zero-order valence-corrected chi connectivity index (χ0v) is 10.9. The van der Waals surface area contributed by atoms with Crippen LogP contribution in [0.1, 0.15) is 12.0 Å². The van der Waals surface area contributed by atoms with E-state index in [1.807, 2.05) is 0 Å². The number of carbonyl (C=O) groups excluding carboxylic acids is 1. The van der Waals surface area contributed by atoms with Gasteiger partial charge in [-0.15, -0.1) is 0 Å². The average Bonchev–Trinajstić information content (AvgIpc) is 2.33. The van der Waals surface area contributed by atoms with Gasteiger partial charge >= 0.3 is 0 Å². The van der Waals surface area contributed by atoms with E-state index in [2.05, 4.69) is 0 Å². The molecule has 1 aliphatic rings. The number of fused-ring (bicyclic) bond motifs is 1. The van der Waals surface area contributed by atoms with Crippen molar-refractivity contribution < 1.29 is 18.3 Å². The maximum Gasteiger partial charge on any atom is 0.227 e. The van der Waals surface area contributed by atoms with Crippen LogP contribution in [0.2, 0.25) is 0 Å². The van der Waals surface area contributed by atoms with Gasteiger partial charge in [0.1, 0.15) is 0 Å². The fourth-order valence-corrected chi connectivity index (χ4v) is 3.14. The number of hydrogen-bond donors (Lipinski definition) is 1. The summed E-state index contributed by atoms with van der Waals surface area (Å²) >= 11 is 0. The van der Waals surface area contributed by atoms with Crippen molar-refractivity contribution in [3.05, 3.63) is 23.8 Å². The first kappa shape index (κ1) is 13.0. The van der Waals surface area contributed by atoms with Gasteiger partial charge in [0.2, 0.25) is 5.91 Å². The summed E-state index contributed by atoms with van der Waals surface area (Å²) < 4.78 is 23.6. The first-order valence-electron chi connectivity index (χ1n) is 5.69. The lowest BCUT2D eigenvalue weighted by Crippen LogP contribution is -2.31. The summed E-state index contributed by atoms with van der Waals surface area (Å²) in [6.07, 6.45) is 0.952. The smallest absolute Gasteiger partial charge is 0.227 e. The standard InChI is InChI=1S/C12H15NO4S/c1-13-11-4-3-10(18(16,17)7-6-14)8-9(11)2-5-12(13)15/h3-4,8,14H,2,5-7H2,1H3. The Morgan fingerprint density at radius 3 is 2.72 bits per heavy atom. The van der Waals surface area contributed by atoms with E-state index in [-0.39, 0.29) is 16.6 Å². The van der Waals surface area contributed by atoms with E-state index in [0.29, 0.717) is 12.8 Å². The Hall–Kier alpha value is -1.40. The van der Waals surface area contributed by atoms with E-state index >= 15 is 0 Å². The Balaban J connectivity index is 2.43. The van der Waals surface area contributed by atoms with E-state index in [9.17, 15) is 13.2 Å². The molecule has 0 radical (unpaired) electrons. The van der Waals surface area contributed by atoms with Gasteiger partial charge in [0.25, 0.3) is 0 Å². The third kappa shape index (κ3) is 2.26. The number of sulfone groups is 1. The highest BCUT2D eigenvalue weighted by Crippen LogP contribution is 2.29. The quantitative estimate of drug-likeness (QED) is 0.860. The number of anilines is 1. The molecule has 98 valence electrons. The number of carbonyl (C=O) groups is 1. The molecule has 0 saturated carbocycles. The molecule has 0 fully saturated rings. The van der Waals surface area contributed by atoms with Crippen LogP contribution in [0.15, 0.2) is 23.1 Å². The van der Waals surface area contributed by atoms with Crippen molar-refractivity contribution in [3.8, 4) is 0 Å². The summed E-state index contributed by atoms with van der Waals surface area (Å²) in [5.41, 5.74) is 1.62. The van der Waals surface area contributed by atoms with Crippen LogP contribution in [0, 0.1) is 0 Å². The number of hydrogen-bond acceptors (Lipinski definition) is 4. The monoisotopic (exact) mass is 269 g/mol. The highest BCUT2D eigenvalue weighted by Gasteiger charge is 2.23. The van der Waals surface area contributed by atoms with E-state index in [1.165, 1.54) is 6.07 Å². The van der Waals surface area contributed by atoms with Gasteiger partial charge in [0, 0.05) is 19.2 Å². The fourth-order valence-electron chi connectivity index (χ4n) is 2.06. The molecule has 6 heteroatoms. The minimum atomic E-state index is -3.43. The van der Waals surface area contributed by atoms with Gasteiger partial charge in [-0.2, -0.15) is 0 Å². The van der Waals surface area contributed by atoms with Crippen LogP contribution in [0.3, 0.4) is 0 Å². The number of benzene rings is 1. The maximum atomic E-state index is 11.8. The van der Waals surface area contributed by atoms with Crippen molar-refractivity contribution >= 4 is 21.4 Å². The molecular formula is C12H15NO4S. The Kier molecular flexibility index (Phi) is 3.41. The minimum absolute atomic E-state index is 0.0356. The number of amides is 1. The van der Waals surface area contributed by atoms with Crippen LogP contribution >= 0.6 is 0 Å². The molecule has 1 amide bonds. The molecule has 0 atom stereocenters. The van der Waals surface area contributed by atoms with Crippen LogP contribution in [0.4, 0.5) is 5.69 Å². The molecule has 0 unspecified atom stereocenters. The maximum absolute atomic E-state index is 11.8. The molecule has 5 nitrogen and oxygen atoms in total. The molecule has 1 heterocycles. The van der Waals surface area contributed by atoms with Crippen LogP contribution in [0.25, 0.3) is 0 Å². The van der Waals surface area contributed by atoms with Gasteiger partial charge < -0.3 is 10.0 Å².